The normalized spacial score (nSPS) is 20.4. The molecule has 12 rings (SSSR count). The van der Waals surface area contributed by atoms with Crippen LogP contribution in [0.15, 0.2) is 170 Å². The Morgan fingerprint density at radius 1 is 0.571 bits per heavy atom. The van der Waals surface area contributed by atoms with Crippen molar-refractivity contribution in [1.29, 1.82) is 0 Å². The summed E-state index contributed by atoms with van der Waals surface area (Å²) in [5, 5.41) is 1.83. The average molecular weight is 1310 g/mol. The van der Waals surface area contributed by atoms with Gasteiger partial charge in [0.25, 0.3) is 6.33 Å². The monoisotopic (exact) mass is 1310 g/mol. The quantitative estimate of drug-likeness (QED) is 0.112. The maximum atomic E-state index is 10.6. The van der Waals surface area contributed by atoms with Crippen LogP contribution in [0.1, 0.15) is 190 Å². The molecule has 3 heterocycles. The first-order valence-electron chi connectivity index (χ1n) is 39.7. The molecule has 0 amide bonds. The fourth-order valence-corrected chi connectivity index (χ4v) is 10.8. The van der Waals surface area contributed by atoms with Crippen molar-refractivity contribution in [2.75, 3.05) is 0 Å². The molecule has 6 heteroatoms. The zero-order valence-electron chi connectivity index (χ0n) is 73.1. The van der Waals surface area contributed by atoms with Gasteiger partial charge in [-0.1, -0.05) is 219 Å². The molecule has 1 aliphatic carbocycles. The maximum absolute atomic E-state index is 10.6. The second kappa shape index (κ2) is 21.0. The van der Waals surface area contributed by atoms with Gasteiger partial charge in [-0.25, -0.2) is 4.98 Å². The Morgan fingerprint density at radius 2 is 1.25 bits per heavy atom. The number of hydrogen-bond acceptors (Lipinski definition) is 2. The zero-order valence-corrected chi connectivity index (χ0v) is 51.3. The van der Waals surface area contributed by atoms with E-state index in [2.05, 4.69) is 99.0 Å². The topological polar surface area (TPSA) is 35.9 Å². The molecule has 0 atom stereocenters. The number of rotatable bonds is 8. The number of pyridine rings is 1. The summed E-state index contributed by atoms with van der Waals surface area (Å²) in [4.78, 5) is 4.84. The van der Waals surface area contributed by atoms with Gasteiger partial charge >= 0.3 is 0 Å². The fourth-order valence-electron chi connectivity index (χ4n) is 10.8. The molecule has 0 saturated heterocycles. The zero-order chi connectivity index (χ0) is 79.3. The minimum absolute atomic E-state index is 0. The third-order valence-corrected chi connectivity index (χ3v) is 15.5. The van der Waals surface area contributed by atoms with Gasteiger partial charge in [0.1, 0.15) is 5.82 Å². The summed E-state index contributed by atoms with van der Waals surface area (Å²) < 4.78 is 235. The van der Waals surface area contributed by atoms with Gasteiger partial charge < -0.3 is 13.9 Å². The van der Waals surface area contributed by atoms with Crippen molar-refractivity contribution in [3.05, 3.63) is 222 Å². The van der Waals surface area contributed by atoms with Crippen LogP contribution in [-0.4, -0.2) is 14.1 Å². The van der Waals surface area contributed by atoms with Crippen molar-refractivity contribution in [3.8, 4) is 62.1 Å². The number of ether oxygens (including phenoxy) is 1. The van der Waals surface area contributed by atoms with Gasteiger partial charge in [0.05, 0.1) is 27.7 Å². The van der Waals surface area contributed by atoms with Crippen LogP contribution in [0.2, 0.25) is 0 Å². The molecule has 0 spiro atoms. The van der Waals surface area contributed by atoms with Crippen molar-refractivity contribution in [1.82, 2.24) is 14.1 Å². The first-order valence-corrected chi connectivity index (χ1v) is 27.7. The number of imidazole rings is 1. The molecule has 1 aliphatic rings. The first-order chi connectivity index (χ1) is 49.0. The van der Waals surface area contributed by atoms with Crippen molar-refractivity contribution in [2.24, 2.45) is 0 Å². The summed E-state index contributed by atoms with van der Waals surface area (Å²) in [5.74, 6) is 1.15. The van der Waals surface area contributed by atoms with Crippen LogP contribution in [0.25, 0.3) is 83.4 Å². The van der Waals surface area contributed by atoms with Crippen LogP contribution in [0, 0.1) is 18.5 Å². The molecular weight excluding hydrogens is 1200 g/mol. The number of fused-ring (bicyclic) bond motifs is 5. The Morgan fingerprint density at radius 3 is 1.94 bits per heavy atom. The van der Waals surface area contributed by atoms with Crippen LogP contribution >= 0.6 is 0 Å². The molecule has 0 unspecified atom stereocenters. The number of benzene rings is 8. The third-order valence-electron chi connectivity index (χ3n) is 15.5. The van der Waals surface area contributed by atoms with Crippen molar-refractivity contribution in [2.45, 2.75) is 156 Å². The molecule has 3 aromatic heterocycles. The van der Waals surface area contributed by atoms with Gasteiger partial charge in [0, 0.05) is 66.2 Å². The van der Waals surface area contributed by atoms with Crippen LogP contribution in [0.3, 0.4) is 0 Å². The van der Waals surface area contributed by atoms with Crippen molar-refractivity contribution in [3.63, 3.8) is 0 Å². The summed E-state index contributed by atoms with van der Waals surface area (Å²) in [6.45, 7) is 6.73. The van der Waals surface area contributed by atoms with Crippen LogP contribution in [0.4, 0.5) is 0 Å². The van der Waals surface area contributed by atoms with E-state index in [1.165, 1.54) is 10.6 Å². The van der Waals surface area contributed by atoms with Gasteiger partial charge in [-0.3, -0.25) is 4.57 Å². The van der Waals surface area contributed by atoms with E-state index < -0.39 is 133 Å². The van der Waals surface area contributed by atoms with Crippen LogP contribution in [-0.2, 0) is 53.6 Å². The molecule has 0 N–H and O–H groups in total. The first kappa shape index (κ1) is 35.8. The average Bonchev–Trinajstić information content (AvgIpc) is 0.758. The number of para-hydroxylation sites is 1. The second-order valence-corrected chi connectivity index (χ2v) is 25.8. The Bertz CT molecular complexity index is 5410. The van der Waals surface area contributed by atoms with Crippen LogP contribution in [0.5, 0.6) is 11.5 Å². The van der Waals surface area contributed by atoms with Gasteiger partial charge in [0.15, 0.2) is 0 Å². The smallest absolute Gasteiger partial charge is 0.268 e. The molecule has 0 bridgehead atoms. The summed E-state index contributed by atoms with van der Waals surface area (Å²) in [6.07, 6.45) is -4.01. The summed E-state index contributed by atoms with van der Waals surface area (Å²) >= 11 is 0. The van der Waals surface area contributed by atoms with E-state index in [-0.39, 0.29) is 71.1 Å². The molecule has 430 valence electrons. The van der Waals surface area contributed by atoms with Gasteiger partial charge in [-0.2, -0.15) is 18.2 Å². The Hall–Kier alpha value is -7.33. The Kier molecular flexibility index (Phi) is 8.97. The molecule has 0 aliphatic heterocycles. The van der Waals surface area contributed by atoms with E-state index in [1.54, 1.807) is 61.9 Å². The number of nitrogens with zero attached hydrogens (tertiary/aromatic N) is 4. The van der Waals surface area contributed by atoms with Crippen molar-refractivity contribution >= 4 is 32.8 Å². The van der Waals surface area contributed by atoms with E-state index in [0.717, 1.165) is 44.6 Å². The molecular formula is C78H80N4OPt-2. The SMILES string of the molecule is [2H]c1c([2H])c([2H])c(-c2cc(-c3c([2H])c([2H])c4c(c3[2H])C(C([2H])([2H])[2H])(C([2H])([2H])[2H])C([2H])([2H])C([2H])([2H])C4(C([2H])([2H])[2H])C([2H])([2H])[2H])c(-[n+]3[c-]n(-c4[c-]c(Oc5[c-]c6c(cc5)c5ccccc5n6-c5cc(C(C)(C)C)ccn5)ccc4)c4cc(-c5cc(C(C)(C)C)cc(C(C)(C)C)c5)ccc43)c(C(C)(C)C)c2)c([2H])c1[2H].[Pt]. The predicted molar refractivity (Wildman–Crippen MR) is 346 cm³/mol. The summed E-state index contributed by atoms with van der Waals surface area (Å²) in [7, 11) is 0. The molecule has 5 nitrogen and oxygen atoms in total. The Balaban J connectivity index is 0.0000116. The molecule has 84 heavy (non-hydrogen) atoms. The maximum Gasteiger partial charge on any atom is 0.268 e. The van der Waals surface area contributed by atoms with E-state index in [1.807, 2.05) is 59.2 Å². The summed E-state index contributed by atoms with van der Waals surface area (Å²) in [5.41, 5.74) is -9.45. The van der Waals surface area contributed by atoms with Gasteiger partial charge in [-0.15, -0.1) is 29.7 Å². The predicted octanol–water partition coefficient (Wildman–Crippen LogP) is 20.1. The minimum atomic E-state index is -4.66. The van der Waals surface area contributed by atoms with E-state index in [4.69, 9.17) is 22.1 Å². The summed E-state index contributed by atoms with van der Waals surface area (Å²) in [6, 6.07) is 34.1. The van der Waals surface area contributed by atoms with Crippen molar-refractivity contribution < 1.29 is 63.3 Å². The van der Waals surface area contributed by atoms with Crippen LogP contribution < -0.4 is 9.30 Å². The Labute approximate surface area is 547 Å². The minimum Gasteiger partial charge on any atom is -0.510 e. The fraction of sp³-hybridized carbons (Fsp3) is 0.308. The third kappa shape index (κ3) is 10.8. The van der Waals surface area contributed by atoms with Gasteiger partial charge in [0.2, 0.25) is 0 Å². The van der Waals surface area contributed by atoms with E-state index >= 15 is 0 Å². The molecule has 0 radical (unpaired) electrons. The molecule has 8 aromatic carbocycles. The van der Waals surface area contributed by atoms with E-state index in [0.29, 0.717) is 28.2 Å². The molecule has 0 fully saturated rings. The standard InChI is InChI=1S/C78H80N4O.Pt/c1-73(2,3)55-35-38-79-71(46-55)82-67-28-21-20-27-61(67)62-32-31-60(48-69(62)82)83-59-26-22-25-58(47-59)80-49-81(68-34-30-51(44-70(68)80)53-39-56(74(4,5)6)45-57(40-53)75(7,8)9)72-63(41-54(43-66(72)76(10,11)12)50-23-18-17-19-24-50)52-29-33-64-65(42-52)78(15,16)37-36-77(64,13)14;/h17-35,38-46H,36-37H2,1-16H3;/q-2;/i13D3,14D3,15D3,16D3,17D,18D,19D,23D,24D,29D,33D,36D2,37D2,42D;. The molecule has 0 saturated carbocycles. The van der Waals surface area contributed by atoms with E-state index in [9.17, 15) is 20.6 Å². The number of aromatic nitrogens is 4. The second-order valence-electron chi connectivity index (χ2n) is 25.8. The largest absolute Gasteiger partial charge is 0.510 e. The van der Waals surface area contributed by atoms with Gasteiger partial charge in [-0.05, 0) is 153 Å². The molecule has 11 aromatic rings. The number of hydrogen-bond donors (Lipinski definition) is 0.